The van der Waals surface area contributed by atoms with Gasteiger partial charge in [0, 0.05) is 25.4 Å². The first kappa shape index (κ1) is 9.92. The van der Waals surface area contributed by atoms with Gasteiger partial charge in [0.2, 0.25) is 0 Å². The molecule has 0 aliphatic heterocycles. The molecule has 0 radical (unpaired) electrons. The van der Waals surface area contributed by atoms with Crippen molar-refractivity contribution in [2.45, 2.75) is 6.42 Å². The summed E-state index contributed by atoms with van der Waals surface area (Å²) in [6, 6.07) is 3.94. The van der Waals surface area contributed by atoms with Crippen LogP contribution in [0.25, 0.3) is 0 Å². The summed E-state index contributed by atoms with van der Waals surface area (Å²) in [6.07, 6.45) is 4.34. The van der Waals surface area contributed by atoms with E-state index < -0.39 is 0 Å². The van der Waals surface area contributed by atoms with Gasteiger partial charge in [0.05, 0.1) is 4.88 Å². The standard InChI is InChI=1S/C10H12N4S/c11-10(8-2-1-7-15-8)14-4-3-9-12-5-6-13-9/h1-2,5-7H,3-4H2,(H2,11,14)(H,12,13). The number of amidine groups is 1. The number of aliphatic imine (C=N–C) groups is 1. The first-order valence-electron chi connectivity index (χ1n) is 4.68. The predicted molar refractivity (Wildman–Crippen MR) is 62.2 cm³/mol. The van der Waals surface area contributed by atoms with E-state index in [0.717, 1.165) is 17.1 Å². The van der Waals surface area contributed by atoms with Gasteiger partial charge in [-0.3, -0.25) is 4.99 Å². The van der Waals surface area contributed by atoms with Crippen molar-refractivity contribution in [1.29, 1.82) is 0 Å². The summed E-state index contributed by atoms with van der Waals surface area (Å²) in [5.74, 6) is 1.55. The lowest BCUT2D eigenvalue weighted by Crippen LogP contribution is -2.12. The third kappa shape index (κ3) is 2.66. The number of nitrogens with two attached hydrogens (primary N) is 1. The van der Waals surface area contributed by atoms with E-state index in [1.807, 2.05) is 23.7 Å². The van der Waals surface area contributed by atoms with Crippen molar-refractivity contribution in [3.8, 4) is 0 Å². The normalized spacial score (nSPS) is 11.9. The third-order valence-corrected chi connectivity index (χ3v) is 2.85. The molecule has 2 heterocycles. The molecule has 78 valence electrons. The number of hydrogen-bond acceptors (Lipinski definition) is 3. The molecular formula is C10H12N4S. The fourth-order valence-electron chi connectivity index (χ4n) is 1.22. The van der Waals surface area contributed by atoms with E-state index in [-0.39, 0.29) is 0 Å². The molecule has 0 atom stereocenters. The number of thiophene rings is 1. The van der Waals surface area contributed by atoms with E-state index in [1.54, 1.807) is 17.5 Å². The van der Waals surface area contributed by atoms with Crippen molar-refractivity contribution in [1.82, 2.24) is 9.97 Å². The lowest BCUT2D eigenvalue weighted by Gasteiger charge is -1.96. The number of aromatic amines is 1. The van der Waals surface area contributed by atoms with E-state index in [2.05, 4.69) is 15.0 Å². The molecule has 0 saturated heterocycles. The Bertz CT molecular complexity index is 416. The zero-order valence-corrected chi connectivity index (χ0v) is 9.00. The van der Waals surface area contributed by atoms with Gasteiger partial charge >= 0.3 is 0 Å². The molecule has 15 heavy (non-hydrogen) atoms. The van der Waals surface area contributed by atoms with Crippen molar-refractivity contribution >= 4 is 17.2 Å². The van der Waals surface area contributed by atoms with Gasteiger partial charge in [-0.05, 0) is 11.4 Å². The number of nitrogens with zero attached hydrogens (tertiary/aromatic N) is 2. The Balaban J connectivity index is 1.89. The molecule has 0 unspecified atom stereocenters. The van der Waals surface area contributed by atoms with Crippen LogP contribution in [0, 0.1) is 0 Å². The van der Waals surface area contributed by atoms with Gasteiger partial charge in [0.1, 0.15) is 11.7 Å². The molecule has 3 N–H and O–H groups in total. The molecule has 2 aromatic heterocycles. The highest BCUT2D eigenvalue weighted by atomic mass is 32.1. The zero-order chi connectivity index (χ0) is 10.5. The lowest BCUT2D eigenvalue weighted by atomic mass is 10.4. The highest BCUT2D eigenvalue weighted by Gasteiger charge is 1.98. The number of hydrogen-bond donors (Lipinski definition) is 2. The average Bonchev–Trinajstić information content (AvgIpc) is 2.90. The Morgan fingerprint density at radius 1 is 1.60 bits per heavy atom. The smallest absolute Gasteiger partial charge is 0.135 e. The molecule has 0 saturated carbocycles. The molecule has 0 aliphatic rings. The van der Waals surface area contributed by atoms with Gasteiger partial charge < -0.3 is 10.7 Å². The van der Waals surface area contributed by atoms with Crippen LogP contribution in [0.15, 0.2) is 34.9 Å². The number of aromatic nitrogens is 2. The van der Waals surface area contributed by atoms with Gasteiger partial charge in [-0.15, -0.1) is 11.3 Å². The minimum atomic E-state index is 0.608. The van der Waals surface area contributed by atoms with E-state index in [1.165, 1.54) is 0 Å². The lowest BCUT2D eigenvalue weighted by molar-refractivity contribution is 0.894. The summed E-state index contributed by atoms with van der Waals surface area (Å²) in [6.45, 7) is 0.664. The van der Waals surface area contributed by atoms with E-state index >= 15 is 0 Å². The Hall–Kier alpha value is -1.62. The second-order valence-electron chi connectivity index (χ2n) is 3.03. The molecule has 0 bridgehead atoms. The molecule has 0 spiro atoms. The summed E-state index contributed by atoms with van der Waals surface area (Å²) in [5.41, 5.74) is 5.81. The fraction of sp³-hybridized carbons (Fsp3) is 0.200. The SMILES string of the molecule is NC(=NCCc1ncc[nH]1)c1cccs1. The molecule has 0 fully saturated rings. The fourth-order valence-corrected chi connectivity index (χ4v) is 1.87. The van der Waals surface area contributed by atoms with Crippen molar-refractivity contribution in [3.05, 3.63) is 40.6 Å². The monoisotopic (exact) mass is 220 g/mol. The maximum atomic E-state index is 5.81. The van der Waals surface area contributed by atoms with Crippen molar-refractivity contribution < 1.29 is 0 Å². The van der Waals surface area contributed by atoms with Crippen LogP contribution < -0.4 is 5.73 Å². The number of nitrogens with one attached hydrogen (secondary N) is 1. The second-order valence-corrected chi connectivity index (χ2v) is 3.98. The summed E-state index contributed by atoms with van der Waals surface area (Å²) in [4.78, 5) is 12.4. The highest BCUT2D eigenvalue weighted by Crippen LogP contribution is 2.07. The number of H-pyrrole nitrogens is 1. The van der Waals surface area contributed by atoms with Crippen LogP contribution in [0.1, 0.15) is 10.7 Å². The van der Waals surface area contributed by atoms with Crippen LogP contribution in [-0.4, -0.2) is 22.3 Å². The van der Waals surface area contributed by atoms with Crippen molar-refractivity contribution in [2.75, 3.05) is 6.54 Å². The Morgan fingerprint density at radius 2 is 2.53 bits per heavy atom. The minimum absolute atomic E-state index is 0.608. The molecule has 2 rings (SSSR count). The second kappa shape index (κ2) is 4.75. The van der Waals surface area contributed by atoms with Crippen LogP contribution in [0.3, 0.4) is 0 Å². The van der Waals surface area contributed by atoms with E-state index in [0.29, 0.717) is 12.4 Å². The first-order valence-corrected chi connectivity index (χ1v) is 5.56. The van der Waals surface area contributed by atoms with Gasteiger partial charge in [-0.25, -0.2) is 4.98 Å². The van der Waals surface area contributed by atoms with Gasteiger partial charge in [0.15, 0.2) is 0 Å². The maximum absolute atomic E-state index is 5.81. The molecule has 4 nitrogen and oxygen atoms in total. The Kier molecular flexibility index (Phi) is 3.14. The summed E-state index contributed by atoms with van der Waals surface area (Å²) in [5, 5.41) is 1.99. The maximum Gasteiger partial charge on any atom is 0.135 e. The van der Waals surface area contributed by atoms with Crippen molar-refractivity contribution in [3.63, 3.8) is 0 Å². The number of rotatable bonds is 4. The Morgan fingerprint density at radius 3 is 3.20 bits per heavy atom. The van der Waals surface area contributed by atoms with Gasteiger partial charge in [0.25, 0.3) is 0 Å². The minimum Gasteiger partial charge on any atom is -0.383 e. The van der Waals surface area contributed by atoms with Gasteiger partial charge in [-0.1, -0.05) is 6.07 Å². The summed E-state index contributed by atoms with van der Waals surface area (Å²) >= 11 is 1.60. The summed E-state index contributed by atoms with van der Waals surface area (Å²) < 4.78 is 0. The number of imidazole rings is 1. The Labute approximate surface area is 91.9 Å². The molecule has 0 amide bonds. The highest BCUT2D eigenvalue weighted by molar-refractivity contribution is 7.12. The van der Waals surface area contributed by atoms with E-state index in [9.17, 15) is 0 Å². The topological polar surface area (TPSA) is 67.1 Å². The molecular weight excluding hydrogens is 208 g/mol. The molecule has 5 heteroatoms. The largest absolute Gasteiger partial charge is 0.383 e. The van der Waals surface area contributed by atoms with Crippen molar-refractivity contribution in [2.24, 2.45) is 10.7 Å². The van der Waals surface area contributed by atoms with Crippen LogP contribution in [0.5, 0.6) is 0 Å². The van der Waals surface area contributed by atoms with Crippen LogP contribution in [0.2, 0.25) is 0 Å². The van der Waals surface area contributed by atoms with Crippen LogP contribution >= 0.6 is 11.3 Å². The zero-order valence-electron chi connectivity index (χ0n) is 8.18. The van der Waals surface area contributed by atoms with Crippen LogP contribution in [-0.2, 0) is 6.42 Å². The van der Waals surface area contributed by atoms with Crippen LogP contribution in [0.4, 0.5) is 0 Å². The van der Waals surface area contributed by atoms with Gasteiger partial charge in [-0.2, -0.15) is 0 Å². The molecule has 0 aromatic carbocycles. The van der Waals surface area contributed by atoms with E-state index in [4.69, 9.17) is 5.73 Å². The molecule has 0 aliphatic carbocycles. The quantitative estimate of drug-likeness (QED) is 0.604. The first-order chi connectivity index (χ1) is 7.36. The average molecular weight is 220 g/mol. The molecule has 2 aromatic rings. The predicted octanol–water partition coefficient (Wildman–Crippen LogP) is 1.42. The summed E-state index contributed by atoms with van der Waals surface area (Å²) in [7, 11) is 0. The third-order valence-electron chi connectivity index (χ3n) is 1.96.